The molecule has 0 radical (unpaired) electrons. The summed E-state index contributed by atoms with van der Waals surface area (Å²) < 4.78 is 44.8. The van der Waals surface area contributed by atoms with Gasteiger partial charge in [-0.25, -0.2) is 4.98 Å². The molecule has 8 rings (SSSR count). The summed E-state index contributed by atoms with van der Waals surface area (Å²) in [6.45, 7) is 0. The van der Waals surface area contributed by atoms with Gasteiger partial charge in [0.1, 0.15) is 5.82 Å². The molecule has 7 aromatic carbocycles. The summed E-state index contributed by atoms with van der Waals surface area (Å²) in [4.78, 5) is 5.13. The Kier molecular flexibility index (Phi) is 4.40. The molecule has 1 aromatic heterocycles. The van der Waals surface area contributed by atoms with Crippen molar-refractivity contribution in [3.05, 3.63) is 158 Å². The van der Waals surface area contributed by atoms with E-state index in [2.05, 4.69) is 54.6 Å². The molecule has 0 unspecified atom stereocenters. The highest BCUT2D eigenvalue weighted by atomic mass is 15.1. The number of imidazole rings is 1. The van der Waals surface area contributed by atoms with E-state index < -0.39 is 6.04 Å². The topological polar surface area (TPSA) is 17.8 Å². The van der Waals surface area contributed by atoms with Gasteiger partial charge in [0.15, 0.2) is 0 Å². The van der Waals surface area contributed by atoms with Gasteiger partial charge in [0.05, 0.1) is 17.9 Å². The first-order chi connectivity index (χ1) is 22.4. The molecule has 0 saturated carbocycles. The highest BCUT2D eigenvalue weighted by Crippen LogP contribution is 2.45. The lowest BCUT2D eigenvalue weighted by molar-refractivity contribution is 1.11. The molecule has 0 N–H and O–H groups in total. The fourth-order valence-electron chi connectivity index (χ4n) is 5.92. The second-order valence-electron chi connectivity index (χ2n) is 10.0. The van der Waals surface area contributed by atoms with Gasteiger partial charge >= 0.3 is 0 Å². The summed E-state index contributed by atoms with van der Waals surface area (Å²) >= 11 is 0. The Bertz CT molecular complexity index is 2440. The van der Waals surface area contributed by atoms with Gasteiger partial charge in [0.2, 0.25) is 0 Å². The maximum absolute atomic E-state index is 8.92. The molecular formula is C39H26N2. The summed E-state index contributed by atoms with van der Waals surface area (Å²) in [7, 11) is 0. The van der Waals surface area contributed by atoms with Crippen molar-refractivity contribution in [2.75, 3.05) is 0 Å². The molecule has 0 amide bonds. The molecule has 0 saturated heterocycles. The number of aromatic nitrogens is 2. The smallest absolute Gasteiger partial charge is 0.146 e. The molecule has 192 valence electrons. The Hall–Kier alpha value is -5.47. The average molecular weight is 528 g/mol. The number of hydrogen-bond acceptors (Lipinski definition) is 1. The van der Waals surface area contributed by atoms with Crippen LogP contribution in [0, 0.1) is 0 Å². The van der Waals surface area contributed by atoms with E-state index in [0.717, 1.165) is 49.4 Å². The molecule has 0 spiro atoms. The van der Waals surface area contributed by atoms with E-state index in [1.165, 1.54) is 0 Å². The normalized spacial score (nSPS) is 13.1. The van der Waals surface area contributed by atoms with Crippen molar-refractivity contribution < 1.29 is 6.85 Å². The van der Waals surface area contributed by atoms with Crippen molar-refractivity contribution in [2.24, 2.45) is 0 Å². The third kappa shape index (κ3) is 3.84. The molecule has 41 heavy (non-hydrogen) atoms. The minimum atomic E-state index is -0.429. The van der Waals surface area contributed by atoms with Crippen LogP contribution in [0.3, 0.4) is 0 Å². The fraction of sp³-hybridized carbons (Fsp3) is 0. The van der Waals surface area contributed by atoms with Crippen molar-refractivity contribution in [1.29, 1.82) is 0 Å². The molecule has 0 aliphatic rings. The molecule has 0 fully saturated rings. The van der Waals surface area contributed by atoms with E-state index in [0.29, 0.717) is 16.9 Å². The van der Waals surface area contributed by atoms with Crippen molar-refractivity contribution in [1.82, 2.24) is 9.55 Å². The van der Waals surface area contributed by atoms with Crippen LogP contribution in [-0.2, 0) is 0 Å². The SMILES string of the molecule is [2H]c1c([2H])c([2H])c(-n2c(-c3c4ccccc4c(-c4ccccc4)c4cc(-c5ccccc5)ccc34)nc3ccccc32)c([2H])c1[2H]. The zero-order chi connectivity index (χ0) is 31.5. The predicted molar refractivity (Wildman–Crippen MR) is 172 cm³/mol. The zero-order valence-corrected chi connectivity index (χ0v) is 22.0. The number of para-hydroxylation sites is 3. The van der Waals surface area contributed by atoms with Gasteiger partial charge in [0.25, 0.3) is 0 Å². The Morgan fingerprint density at radius 3 is 1.85 bits per heavy atom. The summed E-state index contributed by atoms with van der Waals surface area (Å²) in [6.07, 6.45) is 0. The quantitative estimate of drug-likeness (QED) is 0.208. The van der Waals surface area contributed by atoms with Crippen LogP contribution in [0.4, 0.5) is 0 Å². The first-order valence-electron chi connectivity index (χ1n) is 16.1. The van der Waals surface area contributed by atoms with E-state index in [1.807, 2.05) is 72.8 Å². The minimum Gasteiger partial charge on any atom is -0.292 e. The second-order valence-corrected chi connectivity index (χ2v) is 10.0. The molecule has 0 aliphatic heterocycles. The zero-order valence-electron chi connectivity index (χ0n) is 27.0. The summed E-state index contributed by atoms with van der Waals surface area (Å²) in [6, 6.07) is 41.1. The Balaban J connectivity index is 1.58. The molecular weight excluding hydrogens is 496 g/mol. The Labute approximate surface area is 245 Å². The van der Waals surface area contributed by atoms with Crippen LogP contribution in [0.25, 0.3) is 71.9 Å². The minimum absolute atomic E-state index is 0.0694. The third-order valence-corrected chi connectivity index (χ3v) is 7.69. The van der Waals surface area contributed by atoms with E-state index in [4.69, 9.17) is 11.8 Å². The first-order valence-corrected chi connectivity index (χ1v) is 13.6. The lowest BCUT2D eigenvalue weighted by Gasteiger charge is -2.19. The van der Waals surface area contributed by atoms with Crippen LogP contribution < -0.4 is 0 Å². The molecule has 2 heteroatoms. The van der Waals surface area contributed by atoms with Gasteiger partial charge in [-0.15, -0.1) is 0 Å². The third-order valence-electron chi connectivity index (χ3n) is 7.69. The van der Waals surface area contributed by atoms with Crippen LogP contribution in [0.1, 0.15) is 6.85 Å². The number of benzene rings is 7. The first kappa shape index (κ1) is 18.8. The second kappa shape index (κ2) is 9.62. The molecule has 8 aromatic rings. The Morgan fingerprint density at radius 2 is 1.10 bits per heavy atom. The summed E-state index contributed by atoms with van der Waals surface area (Å²) in [5.74, 6) is 0.507. The van der Waals surface area contributed by atoms with Crippen molar-refractivity contribution in [2.45, 2.75) is 0 Å². The van der Waals surface area contributed by atoms with E-state index in [1.54, 1.807) is 4.57 Å². The highest BCUT2D eigenvalue weighted by molar-refractivity contribution is 6.21. The number of hydrogen-bond donors (Lipinski definition) is 0. The molecule has 0 atom stereocenters. The molecule has 0 aliphatic carbocycles. The lowest BCUT2D eigenvalue weighted by atomic mass is 9.86. The monoisotopic (exact) mass is 527 g/mol. The van der Waals surface area contributed by atoms with Crippen molar-refractivity contribution >= 4 is 32.6 Å². The van der Waals surface area contributed by atoms with Gasteiger partial charge in [-0.1, -0.05) is 127 Å². The van der Waals surface area contributed by atoms with Crippen molar-refractivity contribution in [3.63, 3.8) is 0 Å². The maximum atomic E-state index is 8.92. The van der Waals surface area contributed by atoms with Gasteiger partial charge < -0.3 is 0 Å². The summed E-state index contributed by atoms with van der Waals surface area (Å²) in [5.41, 5.74) is 6.57. The standard InChI is InChI=1S/C39H26N2/c1-4-14-27(15-5-1)29-24-25-33-34(26-29)37(28-16-6-2-7-17-28)31-20-10-11-21-32(31)38(33)39-40-35-22-12-13-23-36(35)41(39)30-18-8-3-9-19-30/h1-26H/i3D,8D,9D,18D,19D. The molecule has 1 heterocycles. The fourth-order valence-corrected chi connectivity index (χ4v) is 5.92. The number of fused-ring (bicyclic) bond motifs is 3. The Morgan fingerprint density at radius 1 is 0.488 bits per heavy atom. The largest absolute Gasteiger partial charge is 0.292 e. The van der Waals surface area contributed by atoms with E-state index >= 15 is 0 Å². The maximum Gasteiger partial charge on any atom is 0.146 e. The van der Waals surface area contributed by atoms with Crippen molar-refractivity contribution in [3.8, 4) is 39.3 Å². The van der Waals surface area contributed by atoms with Crippen LogP contribution in [-0.4, -0.2) is 9.55 Å². The predicted octanol–water partition coefficient (Wildman–Crippen LogP) is 10.3. The van der Waals surface area contributed by atoms with Crippen LogP contribution in [0.15, 0.2) is 158 Å². The van der Waals surface area contributed by atoms with E-state index in [9.17, 15) is 0 Å². The number of nitrogens with zero attached hydrogens (tertiary/aromatic N) is 2. The van der Waals surface area contributed by atoms with Crippen LogP contribution in [0.2, 0.25) is 0 Å². The lowest BCUT2D eigenvalue weighted by Crippen LogP contribution is -1.99. The van der Waals surface area contributed by atoms with Gasteiger partial charge in [0, 0.05) is 11.3 Å². The molecule has 0 bridgehead atoms. The highest BCUT2D eigenvalue weighted by Gasteiger charge is 2.22. The van der Waals surface area contributed by atoms with Crippen LogP contribution in [0.5, 0.6) is 0 Å². The summed E-state index contributed by atoms with van der Waals surface area (Å²) in [5, 5.41) is 3.95. The van der Waals surface area contributed by atoms with Gasteiger partial charge in [-0.2, -0.15) is 0 Å². The van der Waals surface area contributed by atoms with Gasteiger partial charge in [-0.05, 0) is 74.1 Å². The van der Waals surface area contributed by atoms with Gasteiger partial charge in [-0.3, -0.25) is 4.57 Å². The van der Waals surface area contributed by atoms with Crippen LogP contribution >= 0.6 is 0 Å². The average Bonchev–Trinajstić information content (AvgIpc) is 3.48. The van der Waals surface area contributed by atoms with E-state index in [-0.39, 0.29) is 29.9 Å². The number of rotatable bonds is 4. The molecule has 2 nitrogen and oxygen atoms in total.